The van der Waals surface area contributed by atoms with Crippen molar-refractivity contribution in [3.8, 4) is 0 Å². The highest BCUT2D eigenvalue weighted by Crippen LogP contribution is 2.29. The highest BCUT2D eigenvalue weighted by molar-refractivity contribution is 8.00. The van der Waals surface area contributed by atoms with Crippen LogP contribution in [0.15, 0.2) is 23.1 Å². The van der Waals surface area contributed by atoms with Gasteiger partial charge in [0.25, 0.3) is 0 Å². The number of hydrogen-bond acceptors (Lipinski definition) is 3. The van der Waals surface area contributed by atoms with Crippen LogP contribution in [0, 0.1) is 0 Å². The van der Waals surface area contributed by atoms with Crippen molar-refractivity contribution in [2.45, 2.75) is 30.7 Å². The van der Waals surface area contributed by atoms with Gasteiger partial charge in [-0.05, 0) is 24.6 Å². The molecule has 0 aliphatic rings. The Kier molecular flexibility index (Phi) is 7.19. The molecule has 2 N–H and O–H groups in total. The molecular weight excluding hydrogens is 321 g/mol. The first kappa shape index (κ1) is 17.1. The molecule has 1 aromatic rings. The number of benzene rings is 1. The summed E-state index contributed by atoms with van der Waals surface area (Å²) in [6, 6.07) is 4.14. The van der Waals surface area contributed by atoms with Crippen molar-refractivity contribution in [1.82, 2.24) is 5.32 Å². The van der Waals surface area contributed by atoms with E-state index >= 15 is 0 Å². The average Bonchev–Trinajstić information content (AvgIpc) is 2.39. The van der Waals surface area contributed by atoms with E-state index in [4.69, 9.17) is 28.3 Å². The van der Waals surface area contributed by atoms with Gasteiger partial charge in [-0.1, -0.05) is 36.5 Å². The number of hydrogen-bond donors (Lipinski definition) is 2. The summed E-state index contributed by atoms with van der Waals surface area (Å²) in [5.74, 6) is -1.27. The first-order valence-electron chi connectivity index (χ1n) is 6.04. The molecular formula is C13H15Cl2NO3S. The van der Waals surface area contributed by atoms with Gasteiger partial charge in [0.2, 0.25) is 5.91 Å². The number of carboxylic acids is 1. The van der Waals surface area contributed by atoms with E-state index in [-0.39, 0.29) is 11.7 Å². The predicted octanol–water partition coefficient (Wildman–Crippen LogP) is 3.46. The number of aliphatic carboxylic acids is 1. The Morgan fingerprint density at radius 1 is 1.40 bits per heavy atom. The van der Waals surface area contributed by atoms with Crippen LogP contribution in [0.4, 0.5) is 0 Å². The van der Waals surface area contributed by atoms with Crippen molar-refractivity contribution < 1.29 is 14.7 Å². The van der Waals surface area contributed by atoms with Crippen LogP contribution in [0.3, 0.4) is 0 Å². The second-order valence-electron chi connectivity index (χ2n) is 4.11. The van der Waals surface area contributed by atoms with Crippen molar-refractivity contribution >= 4 is 46.8 Å². The molecule has 7 heteroatoms. The third-order valence-corrected chi connectivity index (χ3v) is 4.19. The molecule has 1 aromatic carbocycles. The molecule has 1 rings (SSSR count). The third-order valence-electron chi connectivity index (χ3n) is 2.46. The minimum absolute atomic E-state index is 0.0908. The van der Waals surface area contributed by atoms with E-state index in [1.807, 2.05) is 6.92 Å². The highest BCUT2D eigenvalue weighted by atomic mass is 35.5. The molecule has 20 heavy (non-hydrogen) atoms. The van der Waals surface area contributed by atoms with E-state index in [1.165, 1.54) is 11.8 Å². The lowest BCUT2D eigenvalue weighted by molar-refractivity contribution is -0.141. The van der Waals surface area contributed by atoms with E-state index in [1.54, 1.807) is 18.2 Å². The van der Waals surface area contributed by atoms with Crippen molar-refractivity contribution in [2.75, 3.05) is 5.75 Å². The van der Waals surface area contributed by atoms with Gasteiger partial charge in [0.05, 0.1) is 10.8 Å². The average molecular weight is 336 g/mol. The second-order valence-corrected chi connectivity index (χ2v) is 5.97. The maximum atomic E-state index is 11.7. The number of carbonyl (C=O) groups excluding carboxylic acids is 1. The van der Waals surface area contributed by atoms with Gasteiger partial charge < -0.3 is 10.4 Å². The largest absolute Gasteiger partial charge is 0.480 e. The number of amides is 1. The summed E-state index contributed by atoms with van der Waals surface area (Å²) in [6.45, 7) is 1.86. The van der Waals surface area contributed by atoms with Crippen molar-refractivity contribution in [3.05, 3.63) is 28.2 Å². The third kappa shape index (κ3) is 5.61. The Morgan fingerprint density at radius 2 is 2.10 bits per heavy atom. The smallest absolute Gasteiger partial charge is 0.326 e. The Hall–Kier alpha value is -0.910. The van der Waals surface area contributed by atoms with Gasteiger partial charge in [0.1, 0.15) is 6.04 Å². The maximum absolute atomic E-state index is 11.7. The van der Waals surface area contributed by atoms with Gasteiger partial charge in [-0.25, -0.2) is 4.79 Å². The number of carboxylic acid groups (broad SMARTS) is 1. The summed E-state index contributed by atoms with van der Waals surface area (Å²) < 4.78 is 0. The SMILES string of the molecule is CCC[C@H](NC(=O)CSc1cc(Cl)ccc1Cl)C(=O)O. The summed E-state index contributed by atoms with van der Waals surface area (Å²) in [6.07, 6.45) is 1.09. The maximum Gasteiger partial charge on any atom is 0.326 e. The monoisotopic (exact) mass is 335 g/mol. The number of halogens is 2. The Balaban J connectivity index is 2.54. The van der Waals surface area contributed by atoms with E-state index in [9.17, 15) is 9.59 Å². The van der Waals surface area contributed by atoms with Gasteiger partial charge in [-0.2, -0.15) is 0 Å². The lowest BCUT2D eigenvalue weighted by Crippen LogP contribution is -2.41. The molecule has 0 saturated heterocycles. The van der Waals surface area contributed by atoms with Crippen LogP contribution in [0.5, 0.6) is 0 Å². The number of nitrogens with one attached hydrogen (secondary N) is 1. The van der Waals surface area contributed by atoms with Crippen molar-refractivity contribution in [2.24, 2.45) is 0 Å². The van der Waals surface area contributed by atoms with Crippen LogP contribution < -0.4 is 5.32 Å². The minimum Gasteiger partial charge on any atom is -0.480 e. The normalized spacial score (nSPS) is 11.9. The van der Waals surface area contributed by atoms with Gasteiger partial charge in [-0.15, -0.1) is 11.8 Å². The highest BCUT2D eigenvalue weighted by Gasteiger charge is 2.18. The fourth-order valence-electron chi connectivity index (χ4n) is 1.51. The second kappa shape index (κ2) is 8.39. The summed E-state index contributed by atoms with van der Waals surface area (Å²) in [4.78, 5) is 23.4. The first-order valence-corrected chi connectivity index (χ1v) is 7.78. The molecule has 0 heterocycles. The van der Waals surface area contributed by atoms with E-state index < -0.39 is 12.0 Å². The van der Waals surface area contributed by atoms with Crippen molar-refractivity contribution in [3.63, 3.8) is 0 Å². The van der Waals surface area contributed by atoms with Gasteiger partial charge in [-0.3, -0.25) is 4.79 Å². The molecule has 0 spiro atoms. The zero-order valence-corrected chi connectivity index (χ0v) is 13.2. The first-order chi connectivity index (χ1) is 9.43. The molecule has 0 unspecified atom stereocenters. The fourth-order valence-corrected chi connectivity index (χ4v) is 2.82. The Labute approximate surface area is 131 Å². The Morgan fingerprint density at radius 3 is 2.70 bits per heavy atom. The standard InChI is InChI=1S/C13H15Cl2NO3S/c1-2-3-10(13(18)19)16-12(17)7-20-11-6-8(14)4-5-9(11)15/h4-6,10H,2-3,7H2,1H3,(H,16,17)(H,18,19)/t10-/m0/s1. The van der Waals surface area contributed by atoms with E-state index in [2.05, 4.69) is 5.32 Å². The van der Waals surface area contributed by atoms with Crippen LogP contribution in [0.2, 0.25) is 10.0 Å². The molecule has 0 aromatic heterocycles. The lowest BCUT2D eigenvalue weighted by Gasteiger charge is -2.13. The quantitative estimate of drug-likeness (QED) is 0.749. The van der Waals surface area contributed by atoms with E-state index in [0.29, 0.717) is 27.8 Å². The molecule has 0 aliphatic carbocycles. The Bertz CT molecular complexity index is 497. The zero-order chi connectivity index (χ0) is 15.1. The lowest BCUT2D eigenvalue weighted by atomic mass is 10.2. The molecule has 110 valence electrons. The molecule has 0 bridgehead atoms. The molecule has 0 aliphatic heterocycles. The fraction of sp³-hybridized carbons (Fsp3) is 0.385. The minimum atomic E-state index is -1.02. The molecule has 1 atom stereocenters. The van der Waals surface area contributed by atoms with Crippen LogP contribution in [-0.4, -0.2) is 28.8 Å². The van der Waals surface area contributed by atoms with Gasteiger partial charge in [0, 0.05) is 9.92 Å². The van der Waals surface area contributed by atoms with Crippen molar-refractivity contribution in [1.29, 1.82) is 0 Å². The van der Waals surface area contributed by atoms with Crippen LogP contribution in [-0.2, 0) is 9.59 Å². The van der Waals surface area contributed by atoms with Crippen LogP contribution in [0.25, 0.3) is 0 Å². The predicted molar refractivity (Wildman–Crippen MR) is 81.7 cm³/mol. The molecule has 0 saturated carbocycles. The molecule has 4 nitrogen and oxygen atoms in total. The number of rotatable bonds is 7. The number of thioether (sulfide) groups is 1. The summed E-state index contributed by atoms with van der Waals surface area (Å²) in [5, 5.41) is 12.5. The number of carbonyl (C=O) groups is 2. The van der Waals surface area contributed by atoms with E-state index in [0.717, 1.165) is 0 Å². The summed E-state index contributed by atoms with van der Waals surface area (Å²) in [5.41, 5.74) is 0. The molecule has 1 amide bonds. The van der Waals surface area contributed by atoms with Gasteiger partial charge in [0.15, 0.2) is 0 Å². The summed E-state index contributed by atoms with van der Waals surface area (Å²) in [7, 11) is 0. The molecule has 0 radical (unpaired) electrons. The van der Waals surface area contributed by atoms with Gasteiger partial charge >= 0.3 is 5.97 Å². The zero-order valence-electron chi connectivity index (χ0n) is 10.9. The summed E-state index contributed by atoms with van der Waals surface area (Å²) >= 11 is 13.0. The molecule has 0 fully saturated rings. The van der Waals surface area contributed by atoms with Crippen LogP contribution in [0.1, 0.15) is 19.8 Å². The topological polar surface area (TPSA) is 66.4 Å². The van der Waals surface area contributed by atoms with Crippen LogP contribution >= 0.6 is 35.0 Å².